The van der Waals surface area contributed by atoms with Gasteiger partial charge >= 0.3 is 6.18 Å². The van der Waals surface area contributed by atoms with E-state index in [2.05, 4.69) is 6.58 Å². The van der Waals surface area contributed by atoms with E-state index in [-0.39, 0.29) is 11.3 Å². The standard InChI is InChI=1S/C13H15F3O/c1-5-9-6-7-10(17-12(2,3)4)8-11(9)13(14,15)16/h5-8H,1H2,2-4H3. The van der Waals surface area contributed by atoms with Crippen LogP contribution in [0.1, 0.15) is 31.9 Å². The minimum absolute atomic E-state index is 0.0544. The van der Waals surface area contributed by atoms with E-state index >= 15 is 0 Å². The molecule has 0 N–H and O–H groups in total. The van der Waals surface area contributed by atoms with Gasteiger partial charge in [-0.15, -0.1) is 0 Å². The maximum Gasteiger partial charge on any atom is 0.417 e. The first-order valence-corrected chi connectivity index (χ1v) is 5.16. The maximum absolute atomic E-state index is 12.7. The molecular formula is C13H15F3O. The number of hydrogen-bond acceptors (Lipinski definition) is 1. The smallest absolute Gasteiger partial charge is 0.417 e. The monoisotopic (exact) mass is 244 g/mol. The van der Waals surface area contributed by atoms with Gasteiger partial charge in [-0.3, -0.25) is 0 Å². The molecule has 0 aliphatic carbocycles. The molecule has 1 aromatic rings. The summed E-state index contributed by atoms with van der Waals surface area (Å²) in [5.74, 6) is 0.204. The van der Waals surface area contributed by atoms with E-state index in [0.717, 1.165) is 6.07 Å². The van der Waals surface area contributed by atoms with Crippen molar-refractivity contribution in [2.45, 2.75) is 32.5 Å². The molecule has 0 atom stereocenters. The van der Waals surface area contributed by atoms with Gasteiger partial charge in [-0.2, -0.15) is 13.2 Å². The molecule has 0 heterocycles. The number of hydrogen-bond donors (Lipinski definition) is 0. The van der Waals surface area contributed by atoms with Crippen LogP contribution < -0.4 is 4.74 Å². The molecule has 17 heavy (non-hydrogen) atoms. The molecule has 0 aromatic heterocycles. The topological polar surface area (TPSA) is 9.23 Å². The van der Waals surface area contributed by atoms with Crippen LogP contribution in [0.3, 0.4) is 0 Å². The Balaban J connectivity index is 3.19. The highest BCUT2D eigenvalue weighted by atomic mass is 19.4. The molecule has 0 aliphatic rings. The van der Waals surface area contributed by atoms with Crippen LogP contribution in [0.25, 0.3) is 6.08 Å². The Hall–Kier alpha value is -1.45. The lowest BCUT2D eigenvalue weighted by Gasteiger charge is -2.22. The summed E-state index contributed by atoms with van der Waals surface area (Å²) in [4.78, 5) is 0. The summed E-state index contributed by atoms with van der Waals surface area (Å²) in [7, 11) is 0. The van der Waals surface area contributed by atoms with Crippen LogP contribution in [-0.2, 0) is 6.18 Å². The fraction of sp³-hybridized carbons (Fsp3) is 0.385. The zero-order chi connectivity index (χ0) is 13.3. The van der Waals surface area contributed by atoms with E-state index in [4.69, 9.17) is 4.74 Å². The first-order valence-electron chi connectivity index (χ1n) is 5.16. The van der Waals surface area contributed by atoms with Crippen LogP contribution in [-0.4, -0.2) is 5.60 Å². The predicted molar refractivity (Wildman–Crippen MR) is 61.9 cm³/mol. The van der Waals surface area contributed by atoms with Crippen molar-refractivity contribution in [1.29, 1.82) is 0 Å². The van der Waals surface area contributed by atoms with Gasteiger partial charge in [-0.05, 0) is 38.5 Å². The second-order valence-corrected chi connectivity index (χ2v) is 4.67. The molecule has 0 amide bonds. The fourth-order valence-electron chi connectivity index (χ4n) is 1.38. The Bertz CT molecular complexity index is 414. The zero-order valence-electron chi connectivity index (χ0n) is 10.1. The number of alkyl halides is 3. The molecule has 0 unspecified atom stereocenters. The van der Waals surface area contributed by atoms with Gasteiger partial charge in [-0.25, -0.2) is 0 Å². The average Bonchev–Trinajstić information content (AvgIpc) is 2.13. The first-order chi connectivity index (χ1) is 7.63. The van der Waals surface area contributed by atoms with Gasteiger partial charge in [0.15, 0.2) is 0 Å². The predicted octanol–water partition coefficient (Wildman–Crippen LogP) is 4.53. The molecule has 0 radical (unpaired) electrons. The molecule has 0 spiro atoms. The maximum atomic E-state index is 12.7. The van der Waals surface area contributed by atoms with E-state index < -0.39 is 17.3 Å². The largest absolute Gasteiger partial charge is 0.488 e. The van der Waals surface area contributed by atoms with E-state index in [1.807, 2.05) is 0 Å². The summed E-state index contributed by atoms with van der Waals surface area (Å²) < 4.78 is 43.6. The number of rotatable bonds is 2. The first kappa shape index (κ1) is 13.6. The fourth-order valence-corrected chi connectivity index (χ4v) is 1.38. The van der Waals surface area contributed by atoms with Crippen molar-refractivity contribution in [2.24, 2.45) is 0 Å². The van der Waals surface area contributed by atoms with Gasteiger partial charge in [0.25, 0.3) is 0 Å². The van der Waals surface area contributed by atoms with Crippen LogP contribution in [0.4, 0.5) is 13.2 Å². The van der Waals surface area contributed by atoms with E-state index in [0.29, 0.717) is 0 Å². The summed E-state index contributed by atoms with van der Waals surface area (Å²) in [5, 5.41) is 0. The van der Waals surface area contributed by atoms with Gasteiger partial charge in [-0.1, -0.05) is 18.7 Å². The van der Waals surface area contributed by atoms with Crippen molar-refractivity contribution >= 4 is 6.08 Å². The summed E-state index contributed by atoms with van der Waals surface area (Å²) in [6.07, 6.45) is -3.22. The zero-order valence-corrected chi connectivity index (χ0v) is 10.1. The molecule has 0 aliphatic heterocycles. The molecule has 4 heteroatoms. The molecule has 0 saturated heterocycles. The van der Waals surface area contributed by atoms with Gasteiger partial charge < -0.3 is 4.74 Å². The molecule has 1 rings (SSSR count). The minimum atomic E-state index is -4.40. The van der Waals surface area contributed by atoms with Crippen LogP contribution >= 0.6 is 0 Å². The molecule has 1 nitrogen and oxygen atoms in total. The van der Waals surface area contributed by atoms with E-state index in [1.165, 1.54) is 18.2 Å². The van der Waals surface area contributed by atoms with E-state index in [1.54, 1.807) is 20.8 Å². The number of halogens is 3. The average molecular weight is 244 g/mol. The molecule has 1 aromatic carbocycles. The van der Waals surface area contributed by atoms with Crippen LogP contribution in [0, 0.1) is 0 Å². The second-order valence-electron chi connectivity index (χ2n) is 4.67. The SMILES string of the molecule is C=Cc1ccc(OC(C)(C)C)cc1C(F)(F)F. The summed E-state index contributed by atoms with van der Waals surface area (Å²) >= 11 is 0. The Morgan fingerprint density at radius 1 is 1.18 bits per heavy atom. The number of benzene rings is 1. The summed E-state index contributed by atoms with van der Waals surface area (Å²) in [5.41, 5.74) is -1.20. The minimum Gasteiger partial charge on any atom is -0.488 e. The molecule has 0 fully saturated rings. The lowest BCUT2D eigenvalue weighted by atomic mass is 10.1. The highest BCUT2D eigenvalue weighted by Crippen LogP contribution is 2.35. The number of ether oxygens (including phenoxy) is 1. The third-order valence-corrected chi connectivity index (χ3v) is 1.97. The van der Waals surface area contributed by atoms with Gasteiger partial charge in [0.2, 0.25) is 0 Å². The van der Waals surface area contributed by atoms with Crippen molar-refractivity contribution < 1.29 is 17.9 Å². The van der Waals surface area contributed by atoms with Crippen molar-refractivity contribution in [2.75, 3.05) is 0 Å². The van der Waals surface area contributed by atoms with Crippen molar-refractivity contribution in [3.05, 3.63) is 35.9 Å². The van der Waals surface area contributed by atoms with Crippen LogP contribution in [0.2, 0.25) is 0 Å². The lowest BCUT2D eigenvalue weighted by molar-refractivity contribution is -0.137. The highest BCUT2D eigenvalue weighted by molar-refractivity contribution is 5.55. The van der Waals surface area contributed by atoms with Gasteiger partial charge in [0.1, 0.15) is 11.4 Å². The highest BCUT2D eigenvalue weighted by Gasteiger charge is 2.33. The van der Waals surface area contributed by atoms with Crippen LogP contribution in [0.15, 0.2) is 24.8 Å². The third-order valence-electron chi connectivity index (χ3n) is 1.97. The van der Waals surface area contributed by atoms with Gasteiger partial charge in [0, 0.05) is 0 Å². The molecular weight excluding hydrogens is 229 g/mol. The second kappa shape index (κ2) is 4.43. The van der Waals surface area contributed by atoms with E-state index in [9.17, 15) is 13.2 Å². The summed E-state index contributed by atoms with van der Waals surface area (Å²) in [6.45, 7) is 8.71. The molecule has 0 saturated carbocycles. The normalized spacial score (nSPS) is 12.4. The molecule has 94 valence electrons. The Morgan fingerprint density at radius 2 is 1.76 bits per heavy atom. The van der Waals surface area contributed by atoms with Gasteiger partial charge in [0.05, 0.1) is 5.56 Å². The Labute approximate surface area is 98.9 Å². The van der Waals surface area contributed by atoms with Crippen molar-refractivity contribution in [3.8, 4) is 5.75 Å². The van der Waals surface area contributed by atoms with Crippen LogP contribution in [0.5, 0.6) is 5.75 Å². The lowest BCUT2D eigenvalue weighted by Crippen LogP contribution is -2.23. The Morgan fingerprint density at radius 3 is 2.18 bits per heavy atom. The third kappa shape index (κ3) is 3.80. The van der Waals surface area contributed by atoms with Crippen molar-refractivity contribution in [1.82, 2.24) is 0 Å². The molecule has 0 bridgehead atoms. The van der Waals surface area contributed by atoms with Crippen molar-refractivity contribution in [3.63, 3.8) is 0 Å². The Kier molecular flexibility index (Phi) is 3.55. The summed E-state index contributed by atoms with van der Waals surface area (Å²) in [6, 6.07) is 3.87. The quantitative estimate of drug-likeness (QED) is 0.742.